The summed E-state index contributed by atoms with van der Waals surface area (Å²) in [6, 6.07) is 23.2. The number of hydrogen-bond acceptors (Lipinski definition) is 7. The summed E-state index contributed by atoms with van der Waals surface area (Å²) < 4.78 is 13.2. The van der Waals surface area contributed by atoms with Crippen molar-refractivity contribution in [3.8, 4) is 5.75 Å². The van der Waals surface area contributed by atoms with Crippen LogP contribution >= 0.6 is 23.4 Å². The van der Waals surface area contributed by atoms with Gasteiger partial charge in [-0.25, -0.2) is 9.48 Å². The molecule has 39 heavy (non-hydrogen) atoms. The third kappa shape index (κ3) is 6.13. The van der Waals surface area contributed by atoms with Gasteiger partial charge in [-0.15, -0.1) is 5.10 Å². The lowest BCUT2D eigenvalue weighted by molar-refractivity contribution is -0.139. The predicted molar refractivity (Wildman–Crippen MR) is 154 cm³/mol. The molecule has 1 aliphatic heterocycles. The van der Waals surface area contributed by atoms with Gasteiger partial charge in [0.1, 0.15) is 18.4 Å². The van der Waals surface area contributed by atoms with Crippen LogP contribution in [0.1, 0.15) is 42.1 Å². The lowest BCUT2D eigenvalue weighted by atomic mass is 9.96. The quantitative estimate of drug-likeness (QED) is 0.175. The predicted octanol–water partition coefficient (Wildman–Crippen LogP) is 6.96. The van der Waals surface area contributed by atoms with Crippen LogP contribution in [-0.2, 0) is 21.9 Å². The van der Waals surface area contributed by atoms with Crippen LogP contribution in [0, 0.1) is 6.92 Å². The Balaban J connectivity index is 1.41. The molecule has 1 atom stereocenters. The van der Waals surface area contributed by atoms with Crippen LogP contribution in [0.5, 0.6) is 5.75 Å². The van der Waals surface area contributed by atoms with Crippen molar-refractivity contribution in [2.24, 2.45) is 0 Å². The van der Waals surface area contributed by atoms with Crippen LogP contribution in [-0.4, -0.2) is 27.3 Å². The van der Waals surface area contributed by atoms with Gasteiger partial charge in [-0.05, 0) is 55.7 Å². The fourth-order valence-corrected chi connectivity index (χ4v) is 5.56. The zero-order valence-electron chi connectivity index (χ0n) is 22.0. The molecule has 0 saturated heterocycles. The number of rotatable bonds is 9. The maximum absolute atomic E-state index is 13.1. The topological polar surface area (TPSA) is 78.3 Å². The first kappa shape index (κ1) is 26.8. The van der Waals surface area contributed by atoms with Crippen molar-refractivity contribution in [3.63, 3.8) is 0 Å². The molecule has 0 saturated carbocycles. The fourth-order valence-electron chi connectivity index (χ4n) is 4.45. The number of hydrogen-bond donors (Lipinski definition) is 1. The minimum Gasteiger partial charge on any atom is -0.489 e. The second-order valence-corrected chi connectivity index (χ2v) is 10.5. The molecule has 200 valence electrons. The number of carbonyl (C=O) groups excluding carboxylic acids is 1. The number of nitrogens with one attached hydrogen (secondary N) is 1. The second kappa shape index (κ2) is 12.0. The summed E-state index contributed by atoms with van der Waals surface area (Å²) in [4.78, 5) is 17.8. The summed E-state index contributed by atoms with van der Waals surface area (Å²) in [7, 11) is 0. The van der Waals surface area contributed by atoms with Crippen molar-refractivity contribution in [2.75, 3.05) is 11.9 Å². The Bertz CT molecular complexity index is 1520. The number of carbonyl (C=O) groups is 1. The highest BCUT2D eigenvalue weighted by Gasteiger charge is 2.35. The van der Waals surface area contributed by atoms with Gasteiger partial charge in [0.15, 0.2) is 0 Å². The summed E-state index contributed by atoms with van der Waals surface area (Å²) in [6.45, 7) is 6.46. The van der Waals surface area contributed by atoms with Gasteiger partial charge < -0.3 is 14.8 Å². The maximum atomic E-state index is 13.1. The minimum absolute atomic E-state index is 0.275. The number of thioether (sulfide) groups is 1. The molecular weight excluding hydrogens is 532 g/mol. The Morgan fingerprint density at radius 1 is 1.08 bits per heavy atom. The average molecular weight is 561 g/mol. The standard InChI is InChI=1S/C30H29ClN4O3S/c1-4-37-28(36)26-20(3)32-29-33-30(39-18-23-10-5-6-11-25(23)31)34-35(29)27(26)22-12-14-24(15-13-22)38-17-21-9-7-8-19(2)16-21/h5-16,27H,4,17-18H2,1-3H3,(H,32,33,34). The number of anilines is 1. The van der Waals surface area contributed by atoms with E-state index in [0.29, 0.717) is 39.8 Å². The molecule has 1 unspecified atom stereocenters. The summed E-state index contributed by atoms with van der Waals surface area (Å²) in [5, 5.41) is 9.30. The summed E-state index contributed by atoms with van der Waals surface area (Å²) >= 11 is 7.82. The number of esters is 1. The van der Waals surface area contributed by atoms with Crippen molar-refractivity contribution < 1.29 is 14.3 Å². The van der Waals surface area contributed by atoms with Crippen LogP contribution in [0.25, 0.3) is 0 Å². The van der Waals surface area contributed by atoms with Crippen molar-refractivity contribution in [1.29, 1.82) is 0 Å². The summed E-state index contributed by atoms with van der Waals surface area (Å²) in [5.41, 5.74) is 5.35. The van der Waals surface area contributed by atoms with Crippen molar-refractivity contribution in [1.82, 2.24) is 14.8 Å². The van der Waals surface area contributed by atoms with E-state index < -0.39 is 12.0 Å². The van der Waals surface area contributed by atoms with Crippen molar-refractivity contribution in [2.45, 2.75) is 44.3 Å². The van der Waals surface area contributed by atoms with E-state index in [9.17, 15) is 4.79 Å². The number of allylic oxidation sites excluding steroid dienone is 1. The highest BCUT2D eigenvalue weighted by Crippen LogP contribution is 2.38. The molecule has 2 heterocycles. The molecule has 1 aliphatic rings. The van der Waals surface area contributed by atoms with Gasteiger partial charge in [0.25, 0.3) is 0 Å². The second-order valence-electron chi connectivity index (χ2n) is 9.18. The smallest absolute Gasteiger partial charge is 0.338 e. The Kier molecular flexibility index (Phi) is 8.24. The molecule has 4 aromatic rings. The number of nitrogens with zero attached hydrogens (tertiary/aromatic N) is 3. The van der Waals surface area contributed by atoms with Crippen LogP contribution in [0.3, 0.4) is 0 Å². The van der Waals surface area contributed by atoms with Crippen LogP contribution in [0.4, 0.5) is 5.95 Å². The van der Waals surface area contributed by atoms with Crippen LogP contribution in [0.15, 0.2) is 89.2 Å². The van der Waals surface area contributed by atoms with Gasteiger partial charge in [-0.1, -0.05) is 83.5 Å². The minimum atomic E-state index is -0.506. The maximum Gasteiger partial charge on any atom is 0.338 e. The number of benzene rings is 3. The first-order chi connectivity index (χ1) is 18.9. The van der Waals surface area contributed by atoms with E-state index in [1.165, 1.54) is 17.3 Å². The number of aromatic nitrogens is 3. The fraction of sp³-hybridized carbons (Fsp3) is 0.233. The van der Waals surface area contributed by atoms with Crippen molar-refractivity contribution >= 4 is 35.3 Å². The molecule has 9 heteroatoms. The van der Waals surface area contributed by atoms with Gasteiger partial charge in [0, 0.05) is 16.5 Å². The number of aryl methyl sites for hydroxylation is 1. The first-order valence-corrected chi connectivity index (χ1v) is 14.0. The monoisotopic (exact) mass is 560 g/mol. The molecule has 5 rings (SSSR count). The van der Waals surface area contributed by atoms with E-state index in [-0.39, 0.29) is 6.61 Å². The van der Waals surface area contributed by atoms with Gasteiger partial charge in [-0.3, -0.25) is 0 Å². The lowest BCUT2D eigenvalue weighted by Crippen LogP contribution is -2.29. The third-order valence-electron chi connectivity index (χ3n) is 6.33. The van der Waals surface area contributed by atoms with E-state index in [2.05, 4.69) is 24.4 Å². The van der Waals surface area contributed by atoms with E-state index in [4.69, 9.17) is 31.2 Å². The van der Waals surface area contributed by atoms with E-state index in [1.54, 1.807) is 11.6 Å². The summed E-state index contributed by atoms with van der Waals surface area (Å²) in [6.07, 6.45) is 0. The lowest BCUT2D eigenvalue weighted by Gasteiger charge is -2.28. The first-order valence-electron chi connectivity index (χ1n) is 12.7. The molecule has 0 amide bonds. The van der Waals surface area contributed by atoms with Gasteiger partial charge in [0.2, 0.25) is 11.1 Å². The molecule has 0 spiro atoms. The molecule has 0 fully saturated rings. The molecule has 1 aromatic heterocycles. The Labute approximate surface area is 237 Å². The highest BCUT2D eigenvalue weighted by atomic mass is 35.5. The number of ether oxygens (including phenoxy) is 2. The van der Waals surface area contributed by atoms with Gasteiger partial charge >= 0.3 is 5.97 Å². The Hall–Kier alpha value is -3.75. The van der Waals surface area contributed by atoms with Crippen LogP contribution < -0.4 is 10.1 Å². The summed E-state index contributed by atoms with van der Waals surface area (Å²) in [5.74, 6) is 1.53. The van der Waals surface area contributed by atoms with E-state index >= 15 is 0 Å². The van der Waals surface area contributed by atoms with E-state index in [1.807, 2.05) is 67.6 Å². The number of halogens is 1. The van der Waals surface area contributed by atoms with Crippen LogP contribution in [0.2, 0.25) is 5.02 Å². The molecule has 0 bridgehead atoms. The highest BCUT2D eigenvalue weighted by molar-refractivity contribution is 7.98. The van der Waals surface area contributed by atoms with Gasteiger partial charge in [-0.2, -0.15) is 4.98 Å². The number of fused-ring (bicyclic) bond motifs is 1. The SMILES string of the molecule is CCOC(=O)C1=C(C)Nc2nc(SCc3ccccc3Cl)nn2C1c1ccc(OCc2cccc(C)c2)cc1. The normalized spacial score (nSPS) is 14.5. The molecule has 0 aliphatic carbocycles. The third-order valence-corrected chi connectivity index (χ3v) is 7.58. The molecule has 3 aromatic carbocycles. The Morgan fingerprint density at radius 2 is 1.87 bits per heavy atom. The average Bonchev–Trinajstić information content (AvgIpc) is 3.33. The molecule has 7 nitrogen and oxygen atoms in total. The molecule has 0 radical (unpaired) electrons. The zero-order chi connectivity index (χ0) is 27.4. The zero-order valence-corrected chi connectivity index (χ0v) is 23.6. The Morgan fingerprint density at radius 3 is 2.62 bits per heavy atom. The largest absolute Gasteiger partial charge is 0.489 e. The van der Waals surface area contributed by atoms with E-state index in [0.717, 1.165) is 22.4 Å². The molecular formula is C30H29ClN4O3S. The molecule has 1 N–H and O–H groups in total. The van der Waals surface area contributed by atoms with Gasteiger partial charge in [0.05, 0.1) is 12.2 Å². The van der Waals surface area contributed by atoms with Crippen molar-refractivity contribution in [3.05, 3.63) is 111 Å².